The number of rotatable bonds is 5. The predicted molar refractivity (Wildman–Crippen MR) is 104 cm³/mol. The Morgan fingerprint density at radius 3 is 2.16 bits per heavy atom. The molecule has 4 aliphatic rings. The van der Waals surface area contributed by atoms with Gasteiger partial charge < -0.3 is 49.6 Å². The van der Waals surface area contributed by atoms with E-state index in [1.165, 1.54) is 0 Å². The van der Waals surface area contributed by atoms with Gasteiger partial charge >= 0.3 is 0 Å². The van der Waals surface area contributed by atoms with Gasteiger partial charge in [0.05, 0.1) is 19.3 Å². The molecule has 0 spiro atoms. The van der Waals surface area contributed by atoms with Gasteiger partial charge in [-0.15, -0.1) is 0 Å². The predicted octanol–water partition coefficient (Wildman–Crippen LogP) is -1.52. The number of hydrogen-bond acceptors (Lipinski definition) is 10. The van der Waals surface area contributed by atoms with Crippen LogP contribution in [0.15, 0.2) is 0 Å². The molecule has 2 aliphatic carbocycles. The van der Waals surface area contributed by atoms with Crippen molar-refractivity contribution in [2.75, 3.05) is 13.2 Å². The van der Waals surface area contributed by atoms with E-state index in [0.717, 1.165) is 19.3 Å². The molecule has 2 bridgehead atoms. The van der Waals surface area contributed by atoms with Crippen LogP contribution in [0.2, 0.25) is 0 Å². The smallest absolute Gasteiger partial charge is 0.186 e. The van der Waals surface area contributed by atoms with E-state index < -0.39 is 55.3 Å². The average molecular weight is 449 g/mol. The zero-order chi connectivity index (χ0) is 22.7. The minimum absolute atomic E-state index is 0.0786. The maximum atomic E-state index is 10.5. The molecule has 0 aromatic heterocycles. The molecule has 180 valence electrons. The lowest BCUT2D eigenvalue weighted by Gasteiger charge is -2.45. The van der Waals surface area contributed by atoms with Crippen molar-refractivity contribution in [1.82, 2.24) is 0 Å². The number of hydrogen-bond donors (Lipinski definition) is 6. The molecule has 31 heavy (non-hydrogen) atoms. The Hall–Kier alpha value is -0.400. The van der Waals surface area contributed by atoms with Crippen LogP contribution in [0.1, 0.15) is 40.0 Å². The lowest BCUT2D eigenvalue weighted by Crippen LogP contribution is -2.61. The second-order valence-electron chi connectivity index (χ2n) is 10.3. The van der Waals surface area contributed by atoms with E-state index in [0.29, 0.717) is 5.92 Å². The van der Waals surface area contributed by atoms with Crippen LogP contribution >= 0.6 is 0 Å². The Kier molecular flexibility index (Phi) is 6.46. The van der Waals surface area contributed by atoms with Crippen molar-refractivity contribution in [2.24, 2.45) is 16.7 Å². The highest BCUT2D eigenvalue weighted by molar-refractivity contribution is 5.11. The van der Waals surface area contributed by atoms with Crippen LogP contribution in [-0.4, -0.2) is 105 Å². The molecule has 2 heterocycles. The summed E-state index contributed by atoms with van der Waals surface area (Å²) in [6.07, 6.45) is -9.10. The van der Waals surface area contributed by atoms with E-state index in [2.05, 4.69) is 20.8 Å². The summed E-state index contributed by atoms with van der Waals surface area (Å²) in [5.74, 6) is 0.518. The Morgan fingerprint density at radius 2 is 1.55 bits per heavy atom. The molecule has 6 N–H and O–H groups in total. The molecule has 4 rings (SSSR count). The molecule has 0 amide bonds. The Labute approximate surface area is 181 Å². The molecule has 0 aromatic carbocycles. The van der Waals surface area contributed by atoms with Crippen LogP contribution in [0.5, 0.6) is 0 Å². The van der Waals surface area contributed by atoms with Gasteiger partial charge in [-0.25, -0.2) is 0 Å². The minimum atomic E-state index is -1.50. The van der Waals surface area contributed by atoms with E-state index in [9.17, 15) is 30.6 Å². The maximum absolute atomic E-state index is 10.5. The number of aliphatic hydroxyl groups is 6. The van der Waals surface area contributed by atoms with Crippen molar-refractivity contribution in [3.8, 4) is 0 Å². The van der Waals surface area contributed by atoms with Gasteiger partial charge in [-0.1, -0.05) is 20.8 Å². The lowest BCUT2D eigenvalue weighted by molar-refractivity contribution is -0.333. The molecular weight excluding hydrogens is 412 g/mol. The largest absolute Gasteiger partial charge is 0.388 e. The first kappa shape index (κ1) is 23.7. The fourth-order valence-electron chi connectivity index (χ4n) is 5.78. The molecule has 4 fully saturated rings. The van der Waals surface area contributed by atoms with Gasteiger partial charge in [0.15, 0.2) is 12.6 Å². The van der Waals surface area contributed by atoms with Gasteiger partial charge in [0, 0.05) is 0 Å². The van der Waals surface area contributed by atoms with Gasteiger partial charge in [0.25, 0.3) is 0 Å². The summed E-state index contributed by atoms with van der Waals surface area (Å²) >= 11 is 0. The summed E-state index contributed by atoms with van der Waals surface area (Å²) in [6.45, 7) is 6.16. The van der Waals surface area contributed by atoms with Crippen LogP contribution in [-0.2, 0) is 18.9 Å². The van der Waals surface area contributed by atoms with E-state index in [1.54, 1.807) is 0 Å². The average Bonchev–Trinajstić information content (AvgIpc) is 3.06. The Balaban J connectivity index is 1.39. The van der Waals surface area contributed by atoms with Gasteiger partial charge in [-0.2, -0.15) is 0 Å². The highest BCUT2D eigenvalue weighted by Crippen LogP contribution is 2.66. The summed E-state index contributed by atoms with van der Waals surface area (Å²) in [5.41, 5.74) is 0.0164. The number of fused-ring (bicyclic) bond motifs is 2. The normalized spacial score (nSPS) is 54.3. The second-order valence-corrected chi connectivity index (χ2v) is 10.3. The fraction of sp³-hybridized carbons (Fsp3) is 1.00. The summed E-state index contributed by atoms with van der Waals surface area (Å²) < 4.78 is 22.6. The van der Waals surface area contributed by atoms with Gasteiger partial charge in [-0.3, -0.25) is 0 Å². The van der Waals surface area contributed by atoms with Crippen LogP contribution < -0.4 is 0 Å². The first-order valence-electron chi connectivity index (χ1n) is 11.1. The lowest BCUT2D eigenvalue weighted by atomic mass is 9.70. The monoisotopic (exact) mass is 448 g/mol. The van der Waals surface area contributed by atoms with E-state index in [4.69, 9.17) is 18.9 Å². The summed E-state index contributed by atoms with van der Waals surface area (Å²) in [7, 11) is 0. The molecule has 3 unspecified atom stereocenters. The highest BCUT2D eigenvalue weighted by atomic mass is 16.7. The summed E-state index contributed by atoms with van der Waals surface area (Å²) in [5, 5.41) is 60.5. The zero-order valence-corrected chi connectivity index (χ0v) is 18.2. The SMILES string of the molecule is CC1(C)C2CCC1(C)C(O[C@@H]1O[C@H](CO[C@@H]3OC[C@@H](O)[C@H](O)[C@H]3O)[C@@H](O)[C@H](O)[C@H]1O)C2. The third-order valence-corrected chi connectivity index (χ3v) is 8.56. The molecule has 2 saturated carbocycles. The fourth-order valence-corrected chi connectivity index (χ4v) is 5.78. The summed E-state index contributed by atoms with van der Waals surface area (Å²) in [6, 6.07) is 0. The molecule has 10 nitrogen and oxygen atoms in total. The van der Waals surface area contributed by atoms with Crippen LogP contribution in [0.3, 0.4) is 0 Å². The molecule has 12 atom stereocenters. The number of ether oxygens (including phenoxy) is 4. The zero-order valence-electron chi connectivity index (χ0n) is 18.2. The summed E-state index contributed by atoms with van der Waals surface area (Å²) in [4.78, 5) is 0. The second kappa shape index (κ2) is 8.43. The third kappa shape index (κ3) is 3.84. The van der Waals surface area contributed by atoms with E-state index in [-0.39, 0.29) is 30.1 Å². The first-order chi connectivity index (χ1) is 14.5. The molecular formula is C21H36O10. The van der Waals surface area contributed by atoms with E-state index in [1.807, 2.05) is 0 Å². The van der Waals surface area contributed by atoms with Crippen molar-refractivity contribution >= 4 is 0 Å². The van der Waals surface area contributed by atoms with Gasteiger partial charge in [-0.05, 0) is 36.0 Å². The van der Waals surface area contributed by atoms with Crippen molar-refractivity contribution in [3.63, 3.8) is 0 Å². The quantitative estimate of drug-likeness (QED) is 0.292. The molecule has 0 aromatic rings. The maximum Gasteiger partial charge on any atom is 0.186 e. The topological polar surface area (TPSA) is 158 Å². The Bertz CT molecular complexity index is 646. The molecule has 2 aliphatic heterocycles. The van der Waals surface area contributed by atoms with Crippen LogP contribution in [0.4, 0.5) is 0 Å². The van der Waals surface area contributed by atoms with Gasteiger partial charge in [0.1, 0.15) is 42.7 Å². The third-order valence-electron chi connectivity index (χ3n) is 8.56. The van der Waals surface area contributed by atoms with Crippen molar-refractivity contribution in [3.05, 3.63) is 0 Å². The first-order valence-corrected chi connectivity index (χ1v) is 11.1. The Morgan fingerprint density at radius 1 is 0.871 bits per heavy atom. The van der Waals surface area contributed by atoms with Crippen molar-refractivity contribution in [2.45, 2.75) is 101 Å². The van der Waals surface area contributed by atoms with Crippen LogP contribution in [0, 0.1) is 16.7 Å². The highest BCUT2D eigenvalue weighted by Gasteiger charge is 2.63. The molecule has 0 radical (unpaired) electrons. The van der Waals surface area contributed by atoms with Gasteiger partial charge in [0.2, 0.25) is 0 Å². The minimum Gasteiger partial charge on any atom is -0.388 e. The van der Waals surface area contributed by atoms with Crippen LogP contribution in [0.25, 0.3) is 0 Å². The van der Waals surface area contributed by atoms with Crippen molar-refractivity contribution in [1.29, 1.82) is 0 Å². The standard InChI is InChI=1S/C21H36O10/c1-20(2)9-4-5-21(20,3)12(6-9)31-19-17(27)15(25)14(24)11(30-19)8-29-18-16(26)13(23)10(22)7-28-18/h9-19,22-27H,4-8H2,1-3H3/t9?,10-,11-,12?,13+,14-,15+,16-,17-,18+,19+,21?/m1/s1. The molecule has 10 heteroatoms. The number of aliphatic hydroxyl groups excluding tert-OH is 6. The molecule has 2 saturated heterocycles. The van der Waals surface area contributed by atoms with E-state index >= 15 is 0 Å². The van der Waals surface area contributed by atoms with Crippen molar-refractivity contribution < 1.29 is 49.6 Å².